The number of aryl methyl sites for hydroxylation is 3. The van der Waals surface area contributed by atoms with Crippen molar-refractivity contribution in [3.05, 3.63) is 41.6 Å². The fourth-order valence-corrected chi connectivity index (χ4v) is 2.78. The first kappa shape index (κ1) is 17.7. The number of fused-ring (bicyclic) bond motifs is 1. The number of carbonyl (C=O) groups excluding carboxylic acids is 1. The summed E-state index contributed by atoms with van der Waals surface area (Å²) in [6.07, 6.45) is 0. The molecule has 0 atom stereocenters. The molecule has 1 aromatic carbocycles. The van der Waals surface area contributed by atoms with Crippen LogP contribution in [0, 0.1) is 13.8 Å². The van der Waals surface area contributed by atoms with Gasteiger partial charge in [0, 0.05) is 18.4 Å². The second-order valence-corrected chi connectivity index (χ2v) is 6.00. The van der Waals surface area contributed by atoms with Gasteiger partial charge in [-0.15, -0.1) is 5.10 Å². The van der Waals surface area contributed by atoms with Crippen LogP contribution in [0.5, 0.6) is 11.6 Å². The summed E-state index contributed by atoms with van der Waals surface area (Å²) >= 11 is 0. The first-order valence-corrected chi connectivity index (χ1v) is 8.44. The number of hydrogen-bond donors (Lipinski definition) is 1. The zero-order valence-corrected chi connectivity index (χ0v) is 15.4. The van der Waals surface area contributed by atoms with Crippen LogP contribution in [-0.2, 0) is 11.8 Å². The second-order valence-electron chi connectivity index (χ2n) is 6.00. The number of nitrogens with zero attached hydrogens (tertiary/aromatic N) is 3. The van der Waals surface area contributed by atoms with Crippen LogP contribution in [0.25, 0.3) is 11.0 Å². The Hall–Kier alpha value is -3.09. The molecule has 7 heteroatoms. The Morgan fingerprint density at radius 2 is 1.92 bits per heavy atom. The predicted molar refractivity (Wildman–Crippen MR) is 99.7 cm³/mol. The molecular formula is C19H22N4O3. The molecule has 0 saturated carbocycles. The van der Waals surface area contributed by atoms with Crippen LogP contribution >= 0.6 is 0 Å². The van der Waals surface area contributed by atoms with Gasteiger partial charge in [0.25, 0.3) is 5.91 Å². The number of nitrogens with one attached hydrogen (secondary N) is 1. The van der Waals surface area contributed by atoms with E-state index in [2.05, 4.69) is 15.4 Å². The topological polar surface area (TPSA) is 78.3 Å². The van der Waals surface area contributed by atoms with E-state index >= 15 is 0 Å². The summed E-state index contributed by atoms with van der Waals surface area (Å²) in [5.41, 5.74) is 3.35. The lowest BCUT2D eigenvalue weighted by Crippen LogP contribution is -2.20. The molecule has 0 unspecified atom stereocenters. The minimum absolute atomic E-state index is 0.132. The van der Waals surface area contributed by atoms with Crippen molar-refractivity contribution in [2.24, 2.45) is 7.05 Å². The number of benzene rings is 1. The molecule has 1 N–H and O–H groups in total. The molecule has 136 valence electrons. The van der Waals surface area contributed by atoms with E-state index in [4.69, 9.17) is 9.47 Å². The molecule has 0 aliphatic heterocycles. The number of amides is 1. The van der Waals surface area contributed by atoms with Gasteiger partial charge >= 0.3 is 0 Å². The molecule has 1 amide bonds. The van der Waals surface area contributed by atoms with Gasteiger partial charge in [-0.25, -0.2) is 9.67 Å². The Kier molecular flexibility index (Phi) is 5.06. The van der Waals surface area contributed by atoms with Crippen LogP contribution in [-0.4, -0.2) is 33.9 Å². The van der Waals surface area contributed by atoms with Crippen molar-refractivity contribution in [1.29, 1.82) is 0 Å². The molecule has 2 aromatic heterocycles. The Bertz CT molecular complexity index is 932. The summed E-state index contributed by atoms with van der Waals surface area (Å²) < 4.78 is 12.7. The lowest BCUT2D eigenvalue weighted by molar-refractivity contribution is -0.118. The molecule has 0 radical (unpaired) electrons. The molecule has 0 aliphatic rings. The number of hydrogen-bond acceptors (Lipinski definition) is 5. The lowest BCUT2D eigenvalue weighted by atomic mass is 10.2. The van der Waals surface area contributed by atoms with E-state index in [-0.39, 0.29) is 12.5 Å². The average molecular weight is 354 g/mol. The maximum absolute atomic E-state index is 12.2. The first-order chi connectivity index (χ1) is 12.5. The number of ether oxygens (including phenoxy) is 2. The van der Waals surface area contributed by atoms with Crippen LogP contribution in [0.4, 0.5) is 5.69 Å². The Morgan fingerprint density at radius 1 is 1.19 bits per heavy atom. The molecule has 3 rings (SSSR count). The van der Waals surface area contributed by atoms with Gasteiger partial charge in [-0.3, -0.25) is 4.79 Å². The zero-order valence-electron chi connectivity index (χ0n) is 15.4. The van der Waals surface area contributed by atoms with Crippen molar-refractivity contribution < 1.29 is 14.3 Å². The summed E-state index contributed by atoms with van der Waals surface area (Å²) in [5.74, 6) is 0.917. The van der Waals surface area contributed by atoms with Crippen molar-refractivity contribution in [2.75, 3.05) is 18.5 Å². The maximum atomic E-state index is 12.2. The van der Waals surface area contributed by atoms with Crippen LogP contribution in [0.1, 0.15) is 18.2 Å². The monoisotopic (exact) mass is 354 g/mol. The Balaban J connectivity index is 1.67. The van der Waals surface area contributed by atoms with Crippen LogP contribution in [0.3, 0.4) is 0 Å². The highest BCUT2D eigenvalue weighted by Gasteiger charge is 2.15. The third-order valence-electron chi connectivity index (χ3n) is 3.88. The molecule has 0 spiro atoms. The first-order valence-electron chi connectivity index (χ1n) is 8.44. The minimum Gasteiger partial charge on any atom is -0.494 e. The summed E-state index contributed by atoms with van der Waals surface area (Å²) in [6.45, 7) is 6.31. The number of anilines is 1. The highest BCUT2D eigenvalue weighted by atomic mass is 16.5. The second kappa shape index (κ2) is 7.43. The fraction of sp³-hybridized carbons (Fsp3) is 0.316. The van der Waals surface area contributed by atoms with E-state index in [1.807, 2.05) is 39.0 Å². The van der Waals surface area contributed by atoms with E-state index in [1.54, 1.807) is 23.9 Å². The number of carbonyl (C=O) groups is 1. The smallest absolute Gasteiger partial charge is 0.262 e. The zero-order chi connectivity index (χ0) is 18.7. The third kappa shape index (κ3) is 3.77. The van der Waals surface area contributed by atoms with E-state index < -0.39 is 0 Å². The Labute approximate surface area is 151 Å². The van der Waals surface area contributed by atoms with Crippen molar-refractivity contribution in [3.8, 4) is 11.6 Å². The van der Waals surface area contributed by atoms with Crippen LogP contribution in [0.15, 0.2) is 30.3 Å². The summed E-state index contributed by atoms with van der Waals surface area (Å²) in [6, 6.07) is 9.16. The van der Waals surface area contributed by atoms with Crippen LogP contribution in [0.2, 0.25) is 0 Å². The predicted octanol–water partition coefficient (Wildman–Crippen LogP) is 3.00. The largest absolute Gasteiger partial charge is 0.494 e. The van der Waals surface area contributed by atoms with E-state index in [0.29, 0.717) is 18.2 Å². The van der Waals surface area contributed by atoms with Gasteiger partial charge in [-0.1, -0.05) is 0 Å². The minimum atomic E-state index is -0.259. The lowest BCUT2D eigenvalue weighted by Gasteiger charge is -2.08. The van der Waals surface area contributed by atoms with Gasteiger partial charge in [0.2, 0.25) is 5.88 Å². The normalized spacial score (nSPS) is 10.8. The summed E-state index contributed by atoms with van der Waals surface area (Å²) in [5, 5.41) is 7.95. The molecular weight excluding hydrogens is 332 g/mol. The van der Waals surface area contributed by atoms with Gasteiger partial charge < -0.3 is 14.8 Å². The standard InChI is InChI=1S/C19H22N4O3/c1-5-25-15-8-6-14(7-9-15)21-16(24)11-26-19-17-12(2)10-13(3)20-18(17)23(4)22-19/h6-10H,5,11H2,1-4H3,(H,21,24). The highest BCUT2D eigenvalue weighted by molar-refractivity contribution is 5.92. The van der Waals surface area contributed by atoms with E-state index in [0.717, 1.165) is 28.0 Å². The molecule has 3 aromatic rings. The highest BCUT2D eigenvalue weighted by Crippen LogP contribution is 2.27. The quantitative estimate of drug-likeness (QED) is 0.736. The summed E-state index contributed by atoms with van der Waals surface area (Å²) in [7, 11) is 1.81. The van der Waals surface area contributed by atoms with Crippen LogP contribution < -0.4 is 14.8 Å². The molecule has 26 heavy (non-hydrogen) atoms. The van der Waals surface area contributed by atoms with Crippen molar-refractivity contribution in [2.45, 2.75) is 20.8 Å². The van der Waals surface area contributed by atoms with Gasteiger partial charge in [0.05, 0.1) is 12.0 Å². The SMILES string of the molecule is CCOc1ccc(NC(=O)COc2nn(C)c3nc(C)cc(C)c23)cc1. The number of rotatable bonds is 6. The van der Waals surface area contributed by atoms with Crippen molar-refractivity contribution >= 4 is 22.6 Å². The molecule has 2 heterocycles. The van der Waals surface area contributed by atoms with E-state index in [1.165, 1.54) is 0 Å². The summed E-state index contributed by atoms with van der Waals surface area (Å²) in [4.78, 5) is 16.6. The number of pyridine rings is 1. The van der Waals surface area contributed by atoms with E-state index in [9.17, 15) is 4.79 Å². The van der Waals surface area contributed by atoms with Gasteiger partial charge in [0.1, 0.15) is 5.75 Å². The molecule has 0 bridgehead atoms. The van der Waals surface area contributed by atoms with Crippen molar-refractivity contribution in [1.82, 2.24) is 14.8 Å². The van der Waals surface area contributed by atoms with Gasteiger partial charge in [-0.2, -0.15) is 0 Å². The molecule has 0 fully saturated rings. The maximum Gasteiger partial charge on any atom is 0.262 e. The van der Waals surface area contributed by atoms with Gasteiger partial charge in [0.15, 0.2) is 12.3 Å². The third-order valence-corrected chi connectivity index (χ3v) is 3.88. The number of aromatic nitrogens is 3. The van der Waals surface area contributed by atoms with Crippen molar-refractivity contribution in [3.63, 3.8) is 0 Å². The Morgan fingerprint density at radius 3 is 2.62 bits per heavy atom. The average Bonchev–Trinajstić information content (AvgIpc) is 2.91. The molecule has 0 aliphatic carbocycles. The van der Waals surface area contributed by atoms with Gasteiger partial charge in [-0.05, 0) is 56.7 Å². The molecule has 7 nitrogen and oxygen atoms in total. The molecule has 0 saturated heterocycles. The fourth-order valence-electron chi connectivity index (χ4n) is 2.78.